The van der Waals surface area contributed by atoms with Crippen LogP contribution in [0.1, 0.15) is 11.1 Å². The lowest BCUT2D eigenvalue weighted by Crippen LogP contribution is -2.13. The van der Waals surface area contributed by atoms with E-state index < -0.39 is 0 Å². The van der Waals surface area contributed by atoms with Gasteiger partial charge in [-0.05, 0) is 34.5 Å². The van der Waals surface area contributed by atoms with Crippen LogP contribution in [0.25, 0.3) is 0 Å². The Morgan fingerprint density at radius 1 is 1.41 bits per heavy atom. The summed E-state index contributed by atoms with van der Waals surface area (Å²) in [5.74, 6) is 0. The Balaban J connectivity index is 2.21. The summed E-state index contributed by atoms with van der Waals surface area (Å²) in [6, 6.07) is 7.65. The highest BCUT2D eigenvalue weighted by Crippen LogP contribution is 2.24. The minimum Gasteiger partial charge on any atom is -0.389 e. The fourth-order valence-corrected chi connectivity index (χ4v) is 2.73. The van der Waals surface area contributed by atoms with Gasteiger partial charge >= 0.3 is 0 Å². The van der Waals surface area contributed by atoms with Crippen LogP contribution in [0.4, 0.5) is 5.69 Å². The van der Waals surface area contributed by atoms with Gasteiger partial charge in [-0.2, -0.15) is 11.3 Å². The van der Waals surface area contributed by atoms with E-state index in [-0.39, 0.29) is 0 Å². The zero-order chi connectivity index (χ0) is 12.3. The van der Waals surface area contributed by atoms with E-state index in [4.69, 9.17) is 29.6 Å². The molecule has 0 aliphatic heterocycles. The van der Waals surface area contributed by atoms with E-state index in [0.29, 0.717) is 15.6 Å². The Labute approximate surface area is 114 Å². The van der Waals surface area contributed by atoms with E-state index in [0.717, 1.165) is 12.2 Å². The predicted octanol–water partition coefficient (Wildman–Crippen LogP) is 3.65. The normalized spacial score (nSPS) is 10.2. The number of nitrogens with two attached hydrogens (primary N) is 1. The molecule has 0 spiro atoms. The molecule has 17 heavy (non-hydrogen) atoms. The summed E-state index contributed by atoms with van der Waals surface area (Å²) < 4.78 is 0. The van der Waals surface area contributed by atoms with Gasteiger partial charge in [-0.3, -0.25) is 0 Å². The third-order valence-corrected chi connectivity index (χ3v) is 3.57. The summed E-state index contributed by atoms with van der Waals surface area (Å²) in [5, 5.41) is 8.01. The van der Waals surface area contributed by atoms with Gasteiger partial charge in [-0.25, -0.2) is 0 Å². The van der Waals surface area contributed by atoms with Crippen molar-refractivity contribution < 1.29 is 0 Å². The van der Waals surface area contributed by atoms with Crippen molar-refractivity contribution in [1.29, 1.82) is 0 Å². The summed E-state index contributed by atoms with van der Waals surface area (Å²) in [5.41, 5.74) is 8.48. The molecule has 0 aliphatic carbocycles. The number of halogens is 1. The molecule has 2 rings (SSSR count). The van der Waals surface area contributed by atoms with Crippen molar-refractivity contribution in [2.24, 2.45) is 5.73 Å². The first-order valence-corrected chi connectivity index (χ1v) is 6.74. The zero-order valence-electron chi connectivity index (χ0n) is 8.94. The molecule has 0 fully saturated rings. The van der Waals surface area contributed by atoms with Gasteiger partial charge in [-0.1, -0.05) is 29.9 Å². The molecule has 1 heterocycles. The van der Waals surface area contributed by atoms with Gasteiger partial charge in [0.25, 0.3) is 0 Å². The van der Waals surface area contributed by atoms with Crippen LogP contribution < -0.4 is 11.1 Å². The Morgan fingerprint density at radius 3 is 2.88 bits per heavy atom. The molecule has 2 nitrogen and oxygen atoms in total. The van der Waals surface area contributed by atoms with E-state index in [1.54, 1.807) is 17.4 Å². The second kappa shape index (κ2) is 5.49. The molecule has 0 unspecified atom stereocenters. The minimum absolute atomic E-state index is 0.309. The maximum atomic E-state index is 6.08. The molecule has 88 valence electrons. The largest absolute Gasteiger partial charge is 0.389 e. The average Bonchev–Trinajstić information content (AvgIpc) is 2.78. The van der Waals surface area contributed by atoms with Gasteiger partial charge in [0, 0.05) is 12.2 Å². The Hall–Kier alpha value is -1.10. The number of hydrogen-bond acceptors (Lipinski definition) is 3. The van der Waals surface area contributed by atoms with E-state index in [1.807, 2.05) is 17.5 Å². The van der Waals surface area contributed by atoms with Crippen LogP contribution in [-0.4, -0.2) is 4.99 Å². The maximum absolute atomic E-state index is 6.08. The molecule has 0 amide bonds. The highest BCUT2D eigenvalue weighted by Gasteiger charge is 2.09. The second-order valence-electron chi connectivity index (χ2n) is 3.51. The lowest BCUT2D eigenvalue weighted by Gasteiger charge is -2.11. The van der Waals surface area contributed by atoms with Crippen LogP contribution in [0.3, 0.4) is 0 Å². The second-order valence-corrected chi connectivity index (χ2v) is 5.14. The van der Waals surface area contributed by atoms with Crippen molar-refractivity contribution in [3.05, 3.63) is 51.2 Å². The molecule has 0 saturated carbocycles. The average molecular weight is 283 g/mol. The highest BCUT2D eigenvalue weighted by atomic mass is 35.5. The zero-order valence-corrected chi connectivity index (χ0v) is 11.3. The van der Waals surface area contributed by atoms with Crippen LogP contribution in [0, 0.1) is 0 Å². The molecule has 2 aromatic rings. The van der Waals surface area contributed by atoms with Crippen LogP contribution in [0.15, 0.2) is 35.0 Å². The first-order chi connectivity index (χ1) is 8.18. The molecule has 3 N–H and O–H groups in total. The lowest BCUT2D eigenvalue weighted by molar-refractivity contribution is 1.16. The van der Waals surface area contributed by atoms with E-state index in [2.05, 4.69) is 16.8 Å². The number of hydrogen-bond donors (Lipinski definition) is 2. The van der Waals surface area contributed by atoms with Gasteiger partial charge < -0.3 is 11.1 Å². The summed E-state index contributed by atoms with van der Waals surface area (Å²) in [4.78, 5) is 0.309. The van der Waals surface area contributed by atoms with Crippen molar-refractivity contribution in [2.45, 2.75) is 6.54 Å². The highest BCUT2D eigenvalue weighted by molar-refractivity contribution is 7.80. The van der Waals surface area contributed by atoms with Crippen molar-refractivity contribution in [1.82, 2.24) is 0 Å². The quantitative estimate of drug-likeness (QED) is 0.841. The number of thiocarbonyl (C=S) groups is 1. The van der Waals surface area contributed by atoms with Gasteiger partial charge in [0.2, 0.25) is 0 Å². The predicted molar refractivity (Wildman–Crippen MR) is 79.0 cm³/mol. The number of benzene rings is 1. The van der Waals surface area contributed by atoms with Crippen molar-refractivity contribution in [3.8, 4) is 0 Å². The molecule has 0 radical (unpaired) electrons. The number of thiophene rings is 1. The standard InChI is InChI=1S/C12H11ClN2S2/c13-9-2-1-3-10(11(9)12(14)16)15-6-8-4-5-17-7-8/h1-5,7,15H,6H2,(H2,14,16). The monoisotopic (exact) mass is 282 g/mol. The van der Waals surface area contributed by atoms with Crippen LogP contribution in [0.5, 0.6) is 0 Å². The van der Waals surface area contributed by atoms with E-state index in [9.17, 15) is 0 Å². The van der Waals surface area contributed by atoms with Gasteiger partial charge in [0.05, 0.1) is 10.6 Å². The molecule has 1 aromatic carbocycles. The third kappa shape index (κ3) is 2.97. The first kappa shape index (κ1) is 12.4. The maximum Gasteiger partial charge on any atom is 0.107 e. The summed E-state index contributed by atoms with van der Waals surface area (Å²) in [6.45, 7) is 0.736. The lowest BCUT2D eigenvalue weighted by atomic mass is 10.1. The first-order valence-electron chi connectivity index (χ1n) is 5.01. The van der Waals surface area contributed by atoms with E-state index >= 15 is 0 Å². The Kier molecular flexibility index (Phi) is 3.99. The minimum atomic E-state index is 0.309. The van der Waals surface area contributed by atoms with Gasteiger partial charge in [-0.15, -0.1) is 0 Å². The molecule has 0 aliphatic rings. The molecule has 1 aromatic heterocycles. The fourth-order valence-electron chi connectivity index (χ4n) is 1.51. The Bertz CT molecular complexity index is 523. The smallest absolute Gasteiger partial charge is 0.107 e. The summed E-state index contributed by atoms with van der Waals surface area (Å²) in [6.07, 6.45) is 0. The Morgan fingerprint density at radius 2 is 2.24 bits per heavy atom. The number of rotatable bonds is 4. The molecule has 0 atom stereocenters. The summed E-state index contributed by atoms with van der Waals surface area (Å²) >= 11 is 12.8. The molecular weight excluding hydrogens is 272 g/mol. The van der Waals surface area contributed by atoms with Crippen molar-refractivity contribution >= 4 is 45.8 Å². The van der Waals surface area contributed by atoms with Gasteiger partial charge in [0.15, 0.2) is 0 Å². The summed E-state index contributed by atoms with van der Waals surface area (Å²) in [7, 11) is 0. The van der Waals surface area contributed by atoms with Crippen LogP contribution in [-0.2, 0) is 6.54 Å². The molecule has 0 saturated heterocycles. The number of anilines is 1. The van der Waals surface area contributed by atoms with Gasteiger partial charge in [0.1, 0.15) is 4.99 Å². The topological polar surface area (TPSA) is 38.0 Å². The number of nitrogens with one attached hydrogen (secondary N) is 1. The van der Waals surface area contributed by atoms with Crippen molar-refractivity contribution in [3.63, 3.8) is 0 Å². The molecule has 0 bridgehead atoms. The third-order valence-electron chi connectivity index (χ3n) is 2.32. The SMILES string of the molecule is NC(=S)c1c(Cl)cccc1NCc1ccsc1. The van der Waals surface area contributed by atoms with Crippen molar-refractivity contribution in [2.75, 3.05) is 5.32 Å². The molecular formula is C12H11ClN2S2. The van der Waals surface area contributed by atoms with Crippen LogP contribution >= 0.6 is 35.2 Å². The van der Waals surface area contributed by atoms with E-state index in [1.165, 1.54) is 5.56 Å². The fraction of sp³-hybridized carbons (Fsp3) is 0.0833. The van der Waals surface area contributed by atoms with Crippen LogP contribution in [0.2, 0.25) is 5.02 Å². The molecule has 5 heteroatoms.